The van der Waals surface area contributed by atoms with Crippen molar-refractivity contribution in [1.29, 1.82) is 0 Å². The zero-order valence-corrected chi connectivity index (χ0v) is 16.3. The van der Waals surface area contributed by atoms with Gasteiger partial charge in [-0.1, -0.05) is 30.3 Å². The number of hydrogen-bond acceptors (Lipinski definition) is 4. The van der Waals surface area contributed by atoms with E-state index < -0.39 is 5.41 Å². The van der Waals surface area contributed by atoms with Gasteiger partial charge in [-0.25, -0.2) is 0 Å². The molecule has 6 nitrogen and oxygen atoms in total. The van der Waals surface area contributed by atoms with E-state index in [2.05, 4.69) is 10.6 Å². The molecule has 2 N–H and O–H groups in total. The van der Waals surface area contributed by atoms with E-state index in [0.717, 1.165) is 35.4 Å². The van der Waals surface area contributed by atoms with E-state index in [4.69, 9.17) is 9.47 Å². The van der Waals surface area contributed by atoms with Crippen LogP contribution in [0.2, 0.25) is 0 Å². The average molecular weight is 382 g/mol. The first-order valence-electron chi connectivity index (χ1n) is 9.38. The fourth-order valence-electron chi connectivity index (χ4n) is 3.28. The summed E-state index contributed by atoms with van der Waals surface area (Å²) in [7, 11) is 3.22. The Hall–Kier alpha value is -2.86. The fourth-order valence-corrected chi connectivity index (χ4v) is 3.28. The number of carbonyl (C=O) groups is 2. The van der Waals surface area contributed by atoms with Crippen LogP contribution in [0.3, 0.4) is 0 Å². The number of benzene rings is 2. The summed E-state index contributed by atoms with van der Waals surface area (Å²) in [5, 5.41) is 5.80. The van der Waals surface area contributed by atoms with Crippen LogP contribution in [-0.2, 0) is 26.2 Å². The molecule has 148 valence electrons. The molecule has 2 aromatic carbocycles. The molecule has 2 amide bonds. The third-order valence-corrected chi connectivity index (χ3v) is 5.01. The molecule has 6 heteroatoms. The van der Waals surface area contributed by atoms with Crippen LogP contribution in [0, 0.1) is 0 Å². The summed E-state index contributed by atoms with van der Waals surface area (Å²) >= 11 is 0. The molecule has 1 aliphatic carbocycles. The van der Waals surface area contributed by atoms with Crippen LogP contribution < -0.4 is 15.4 Å². The van der Waals surface area contributed by atoms with Crippen LogP contribution in [0.25, 0.3) is 0 Å². The van der Waals surface area contributed by atoms with Gasteiger partial charge in [-0.2, -0.15) is 0 Å². The van der Waals surface area contributed by atoms with E-state index in [1.54, 1.807) is 14.2 Å². The van der Waals surface area contributed by atoms with E-state index in [9.17, 15) is 9.59 Å². The number of methoxy groups -OCH3 is 2. The Morgan fingerprint density at radius 3 is 2.39 bits per heavy atom. The van der Waals surface area contributed by atoms with Crippen molar-refractivity contribution in [2.45, 2.75) is 24.7 Å². The zero-order valence-electron chi connectivity index (χ0n) is 16.3. The van der Waals surface area contributed by atoms with Crippen LogP contribution in [0.5, 0.6) is 5.75 Å². The van der Waals surface area contributed by atoms with Gasteiger partial charge in [0.05, 0.1) is 25.6 Å². The predicted octanol–water partition coefficient (Wildman–Crippen LogP) is 2.67. The highest BCUT2D eigenvalue weighted by atomic mass is 16.5. The van der Waals surface area contributed by atoms with E-state index in [-0.39, 0.29) is 11.8 Å². The SMILES string of the molecule is COCCNC(=O)Cc1ccc(NC(=O)C2(c3ccccc3OC)CC2)cc1. The zero-order chi connectivity index (χ0) is 20.0. The van der Waals surface area contributed by atoms with Crippen molar-refractivity contribution in [1.82, 2.24) is 5.32 Å². The van der Waals surface area contributed by atoms with Crippen molar-refractivity contribution < 1.29 is 19.1 Å². The quantitative estimate of drug-likeness (QED) is 0.654. The summed E-state index contributed by atoms with van der Waals surface area (Å²) in [4.78, 5) is 24.8. The molecule has 0 bridgehead atoms. The largest absolute Gasteiger partial charge is 0.496 e. The monoisotopic (exact) mass is 382 g/mol. The van der Waals surface area contributed by atoms with Crippen molar-refractivity contribution >= 4 is 17.5 Å². The lowest BCUT2D eigenvalue weighted by Gasteiger charge is -2.18. The first kappa shape index (κ1) is 19.9. The fraction of sp³-hybridized carbons (Fsp3) is 0.364. The standard InChI is InChI=1S/C22H26N2O4/c1-27-14-13-23-20(25)15-16-7-9-17(10-8-16)24-21(26)22(11-12-22)18-5-3-4-6-19(18)28-2/h3-10H,11-15H2,1-2H3,(H,23,25)(H,24,26). The molecule has 0 radical (unpaired) electrons. The third-order valence-electron chi connectivity index (χ3n) is 5.01. The smallest absolute Gasteiger partial charge is 0.235 e. The molecule has 0 aliphatic heterocycles. The van der Waals surface area contributed by atoms with E-state index in [1.807, 2.05) is 48.5 Å². The van der Waals surface area contributed by atoms with Gasteiger partial charge >= 0.3 is 0 Å². The summed E-state index contributed by atoms with van der Waals surface area (Å²) in [6.07, 6.45) is 1.90. The Morgan fingerprint density at radius 1 is 1.04 bits per heavy atom. The lowest BCUT2D eigenvalue weighted by molar-refractivity contribution is -0.120. The van der Waals surface area contributed by atoms with Crippen molar-refractivity contribution in [2.24, 2.45) is 0 Å². The van der Waals surface area contributed by atoms with Crippen molar-refractivity contribution in [2.75, 3.05) is 32.7 Å². The maximum Gasteiger partial charge on any atom is 0.235 e. The Balaban J connectivity index is 1.61. The topological polar surface area (TPSA) is 76.7 Å². The number of nitrogens with one attached hydrogen (secondary N) is 2. The summed E-state index contributed by atoms with van der Waals surface area (Å²) in [6, 6.07) is 15.0. The molecule has 0 heterocycles. The molecule has 0 atom stereocenters. The number of amides is 2. The molecule has 3 rings (SSSR count). The maximum atomic E-state index is 12.9. The molecular weight excluding hydrogens is 356 g/mol. The lowest BCUT2D eigenvalue weighted by atomic mass is 9.94. The summed E-state index contributed by atoms with van der Waals surface area (Å²) in [5.74, 6) is 0.661. The van der Waals surface area contributed by atoms with Crippen LogP contribution in [0.15, 0.2) is 48.5 Å². The second-order valence-corrected chi connectivity index (χ2v) is 6.95. The van der Waals surface area contributed by atoms with Crippen molar-refractivity contribution in [3.05, 3.63) is 59.7 Å². The molecule has 0 spiro atoms. The average Bonchev–Trinajstić information content (AvgIpc) is 3.51. The van der Waals surface area contributed by atoms with Crippen LogP contribution in [0.4, 0.5) is 5.69 Å². The maximum absolute atomic E-state index is 12.9. The first-order chi connectivity index (χ1) is 13.6. The van der Waals surface area contributed by atoms with E-state index >= 15 is 0 Å². The Labute approximate surface area is 165 Å². The van der Waals surface area contributed by atoms with Gasteiger partial charge < -0.3 is 20.1 Å². The number of para-hydroxylation sites is 1. The van der Waals surface area contributed by atoms with Gasteiger partial charge in [0.15, 0.2) is 0 Å². The number of rotatable bonds is 9. The highest BCUT2D eigenvalue weighted by Gasteiger charge is 2.52. The van der Waals surface area contributed by atoms with Crippen LogP contribution >= 0.6 is 0 Å². The van der Waals surface area contributed by atoms with E-state index in [0.29, 0.717) is 19.6 Å². The Bertz CT molecular complexity index is 829. The lowest BCUT2D eigenvalue weighted by Crippen LogP contribution is -2.28. The summed E-state index contributed by atoms with van der Waals surface area (Å²) in [5.41, 5.74) is 2.01. The Morgan fingerprint density at radius 2 is 1.75 bits per heavy atom. The highest BCUT2D eigenvalue weighted by molar-refractivity contribution is 6.01. The number of anilines is 1. The second-order valence-electron chi connectivity index (χ2n) is 6.95. The summed E-state index contributed by atoms with van der Waals surface area (Å²) in [6.45, 7) is 0.985. The molecule has 1 saturated carbocycles. The highest BCUT2D eigenvalue weighted by Crippen LogP contribution is 2.51. The number of ether oxygens (including phenoxy) is 2. The minimum absolute atomic E-state index is 0.0259. The minimum atomic E-state index is -0.521. The van der Waals surface area contributed by atoms with Crippen LogP contribution in [-0.4, -0.2) is 39.2 Å². The van der Waals surface area contributed by atoms with Gasteiger partial charge in [-0.05, 0) is 36.6 Å². The van der Waals surface area contributed by atoms with Gasteiger partial charge in [0, 0.05) is 24.9 Å². The molecule has 1 fully saturated rings. The molecule has 0 unspecified atom stereocenters. The van der Waals surface area contributed by atoms with E-state index in [1.165, 1.54) is 0 Å². The predicted molar refractivity (Wildman–Crippen MR) is 108 cm³/mol. The second kappa shape index (κ2) is 8.89. The third kappa shape index (κ3) is 4.51. The number of carbonyl (C=O) groups excluding carboxylic acids is 2. The van der Waals surface area contributed by atoms with Crippen molar-refractivity contribution in [3.63, 3.8) is 0 Å². The minimum Gasteiger partial charge on any atom is -0.496 e. The van der Waals surface area contributed by atoms with Crippen molar-refractivity contribution in [3.8, 4) is 5.75 Å². The molecule has 0 saturated heterocycles. The van der Waals surface area contributed by atoms with Gasteiger partial charge in [0.2, 0.25) is 11.8 Å². The molecule has 28 heavy (non-hydrogen) atoms. The molecular formula is C22H26N2O4. The molecule has 1 aliphatic rings. The molecule has 2 aromatic rings. The van der Waals surface area contributed by atoms with Gasteiger partial charge in [-0.3, -0.25) is 9.59 Å². The molecule has 0 aromatic heterocycles. The van der Waals surface area contributed by atoms with Gasteiger partial charge in [-0.15, -0.1) is 0 Å². The van der Waals surface area contributed by atoms with Gasteiger partial charge in [0.1, 0.15) is 5.75 Å². The first-order valence-corrected chi connectivity index (χ1v) is 9.38. The van der Waals surface area contributed by atoms with Crippen LogP contribution in [0.1, 0.15) is 24.0 Å². The van der Waals surface area contributed by atoms with Gasteiger partial charge in [0.25, 0.3) is 0 Å². The normalized spacial score (nSPS) is 14.2. The Kier molecular flexibility index (Phi) is 6.31. The number of hydrogen-bond donors (Lipinski definition) is 2. The summed E-state index contributed by atoms with van der Waals surface area (Å²) < 4.78 is 10.3.